The molecule has 88 valence electrons. The molecule has 0 aliphatic carbocycles. The molecule has 0 aliphatic rings. The van der Waals surface area contributed by atoms with Crippen LogP contribution in [0.3, 0.4) is 0 Å². The second-order valence-electron chi connectivity index (χ2n) is 4.33. The van der Waals surface area contributed by atoms with Gasteiger partial charge in [-0.05, 0) is 24.1 Å². The van der Waals surface area contributed by atoms with Crippen molar-refractivity contribution in [2.75, 3.05) is 0 Å². The molecular weight excluding hydrogens is 222 g/mol. The van der Waals surface area contributed by atoms with Crippen LogP contribution in [0, 0.1) is 6.92 Å². The lowest BCUT2D eigenvalue weighted by molar-refractivity contribution is 0.432. The van der Waals surface area contributed by atoms with Crippen molar-refractivity contribution in [2.45, 2.75) is 6.92 Å². The summed E-state index contributed by atoms with van der Waals surface area (Å²) in [7, 11) is 0. The highest BCUT2D eigenvalue weighted by Crippen LogP contribution is 2.26. The maximum Gasteiger partial charge on any atom is 0.166 e. The summed E-state index contributed by atoms with van der Waals surface area (Å²) in [4.78, 5) is 0. The first-order valence-electron chi connectivity index (χ1n) is 5.91. The largest absolute Gasteiger partial charge is 0.356 e. The van der Waals surface area contributed by atoms with E-state index < -0.39 is 0 Å². The minimum absolute atomic E-state index is 0.796. The van der Waals surface area contributed by atoms with Crippen LogP contribution in [0.2, 0.25) is 0 Å². The van der Waals surface area contributed by atoms with Gasteiger partial charge in [-0.1, -0.05) is 53.2 Å². The molecule has 0 saturated heterocycles. The van der Waals surface area contributed by atoms with Gasteiger partial charge >= 0.3 is 0 Å². The third-order valence-corrected chi connectivity index (χ3v) is 2.94. The van der Waals surface area contributed by atoms with Crippen molar-refractivity contribution in [1.82, 2.24) is 5.16 Å². The summed E-state index contributed by atoms with van der Waals surface area (Å²) in [6, 6.07) is 18.6. The summed E-state index contributed by atoms with van der Waals surface area (Å²) >= 11 is 0. The molecule has 2 heteroatoms. The minimum Gasteiger partial charge on any atom is -0.356 e. The lowest BCUT2D eigenvalue weighted by Crippen LogP contribution is -1.81. The van der Waals surface area contributed by atoms with E-state index in [0.29, 0.717) is 0 Å². The van der Waals surface area contributed by atoms with Gasteiger partial charge in [0.25, 0.3) is 0 Å². The van der Waals surface area contributed by atoms with E-state index in [1.165, 1.54) is 16.7 Å². The predicted octanol–water partition coefficient (Wildman–Crippen LogP) is 4.32. The van der Waals surface area contributed by atoms with Crippen molar-refractivity contribution < 1.29 is 4.52 Å². The zero-order chi connectivity index (χ0) is 12.4. The average Bonchev–Trinajstić information content (AvgIpc) is 2.93. The highest BCUT2D eigenvalue weighted by atomic mass is 16.5. The number of aryl methyl sites for hydroxylation is 1. The van der Waals surface area contributed by atoms with Crippen LogP contribution in [0.5, 0.6) is 0 Å². The SMILES string of the molecule is Cc1cccc(-c2cccc(-c3ccno3)c2)c1. The Morgan fingerprint density at radius 3 is 2.28 bits per heavy atom. The molecule has 0 aliphatic heterocycles. The fourth-order valence-electron chi connectivity index (χ4n) is 2.04. The Bertz CT molecular complexity index is 656. The molecule has 0 N–H and O–H groups in total. The monoisotopic (exact) mass is 235 g/mol. The zero-order valence-electron chi connectivity index (χ0n) is 10.1. The summed E-state index contributed by atoms with van der Waals surface area (Å²) in [6.45, 7) is 2.10. The second kappa shape index (κ2) is 4.49. The van der Waals surface area contributed by atoms with Crippen LogP contribution in [-0.4, -0.2) is 5.16 Å². The maximum absolute atomic E-state index is 5.18. The van der Waals surface area contributed by atoms with Crippen LogP contribution in [0.1, 0.15) is 5.56 Å². The molecular formula is C16H13NO. The fraction of sp³-hybridized carbons (Fsp3) is 0.0625. The van der Waals surface area contributed by atoms with Crippen LogP contribution < -0.4 is 0 Å². The van der Waals surface area contributed by atoms with Crippen LogP contribution in [0.15, 0.2) is 65.3 Å². The van der Waals surface area contributed by atoms with Crippen LogP contribution >= 0.6 is 0 Å². The topological polar surface area (TPSA) is 26.0 Å². The highest BCUT2D eigenvalue weighted by molar-refractivity contribution is 5.71. The second-order valence-corrected chi connectivity index (χ2v) is 4.33. The Balaban J connectivity index is 2.06. The molecule has 0 saturated carbocycles. The first-order valence-corrected chi connectivity index (χ1v) is 5.91. The molecule has 0 unspecified atom stereocenters. The van der Waals surface area contributed by atoms with Crippen LogP contribution in [0.4, 0.5) is 0 Å². The Morgan fingerprint density at radius 1 is 0.833 bits per heavy atom. The van der Waals surface area contributed by atoms with Gasteiger partial charge < -0.3 is 4.52 Å². The molecule has 18 heavy (non-hydrogen) atoms. The van der Waals surface area contributed by atoms with Gasteiger partial charge in [0, 0.05) is 11.6 Å². The molecule has 0 atom stereocenters. The third kappa shape index (κ3) is 2.05. The Kier molecular flexibility index (Phi) is 2.69. The van der Waals surface area contributed by atoms with Crippen LogP contribution in [-0.2, 0) is 0 Å². The molecule has 1 aromatic heterocycles. The highest BCUT2D eigenvalue weighted by Gasteiger charge is 2.04. The van der Waals surface area contributed by atoms with Gasteiger partial charge in [0.05, 0.1) is 6.20 Å². The molecule has 1 heterocycles. The van der Waals surface area contributed by atoms with E-state index in [-0.39, 0.29) is 0 Å². The quantitative estimate of drug-likeness (QED) is 0.661. The van der Waals surface area contributed by atoms with E-state index in [9.17, 15) is 0 Å². The number of hydrogen-bond acceptors (Lipinski definition) is 2. The van der Waals surface area contributed by atoms with Crippen molar-refractivity contribution >= 4 is 0 Å². The average molecular weight is 235 g/mol. The first-order chi connectivity index (χ1) is 8.83. The van der Waals surface area contributed by atoms with Gasteiger partial charge in [-0.3, -0.25) is 0 Å². The number of nitrogens with zero attached hydrogens (tertiary/aromatic N) is 1. The molecule has 2 aromatic carbocycles. The summed E-state index contributed by atoms with van der Waals surface area (Å²) < 4.78 is 5.18. The van der Waals surface area contributed by atoms with Crippen molar-refractivity contribution in [1.29, 1.82) is 0 Å². The molecule has 3 aromatic rings. The number of benzene rings is 2. The van der Waals surface area contributed by atoms with Crippen molar-refractivity contribution in [3.63, 3.8) is 0 Å². The summed E-state index contributed by atoms with van der Waals surface area (Å²) in [5, 5.41) is 3.74. The Hall–Kier alpha value is -2.35. The predicted molar refractivity (Wildman–Crippen MR) is 72.1 cm³/mol. The molecule has 0 radical (unpaired) electrons. The third-order valence-electron chi connectivity index (χ3n) is 2.94. The fourth-order valence-corrected chi connectivity index (χ4v) is 2.04. The van der Waals surface area contributed by atoms with Crippen molar-refractivity contribution in [3.8, 4) is 22.5 Å². The Morgan fingerprint density at radius 2 is 1.56 bits per heavy atom. The van der Waals surface area contributed by atoms with E-state index in [2.05, 4.69) is 48.5 Å². The van der Waals surface area contributed by atoms with E-state index in [4.69, 9.17) is 4.52 Å². The standard InChI is InChI=1S/C16H13NO/c1-12-4-2-5-13(10-12)14-6-3-7-15(11-14)16-8-9-17-18-16/h2-11H,1H3. The summed E-state index contributed by atoms with van der Waals surface area (Å²) in [6.07, 6.45) is 1.66. The van der Waals surface area contributed by atoms with Gasteiger partial charge in [0.1, 0.15) is 0 Å². The minimum atomic E-state index is 0.796. The van der Waals surface area contributed by atoms with Gasteiger partial charge in [0.2, 0.25) is 0 Å². The van der Waals surface area contributed by atoms with Gasteiger partial charge in [-0.25, -0.2) is 0 Å². The molecule has 3 rings (SSSR count). The van der Waals surface area contributed by atoms with Crippen LogP contribution in [0.25, 0.3) is 22.5 Å². The smallest absolute Gasteiger partial charge is 0.166 e. The zero-order valence-corrected chi connectivity index (χ0v) is 10.1. The van der Waals surface area contributed by atoms with Gasteiger partial charge in [-0.15, -0.1) is 0 Å². The summed E-state index contributed by atoms with van der Waals surface area (Å²) in [5.74, 6) is 0.796. The van der Waals surface area contributed by atoms with Gasteiger partial charge in [0.15, 0.2) is 5.76 Å². The maximum atomic E-state index is 5.18. The van der Waals surface area contributed by atoms with Crippen molar-refractivity contribution in [3.05, 3.63) is 66.4 Å². The van der Waals surface area contributed by atoms with Crippen molar-refractivity contribution in [2.24, 2.45) is 0 Å². The molecule has 0 amide bonds. The lowest BCUT2D eigenvalue weighted by Gasteiger charge is -2.04. The van der Waals surface area contributed by atoms with E-state index in [0.717, 1.165) is 11.3 Å². The lowest BCUT2D eigenvalue weighted by atomic mass is 10.0. The molecule has 2 nitrogen and oxygen atoms in total. The number of hydrogen-bond donors (Lipinski definition) is 0. The number of rotatable bonds is 2. The molecule has 0 fully saturated rings. The van der Waals surface area contributed by atoms with E-state index in [1.807, 2.05) is 18.2 Å². The normalized spacial score (nSPS) is 10.5. The number of aromatic nitrogens is 1. The first kappa shape index (κ1) is 10.8. The Labute approximate surface area is 106 Å². The van der Waals surface area contributed by atoms with Gasteiger partial charge in [-0.2, -0.15) is 0 Å². The molecule has 0 spiro atoms. The molecule has 0 bridgehead atoms. The van der Waals surface area contributed by atoms with E-state index >= 15 is 0 Å². The summed E-state index contributed by atoms with van der Waals surface area (Å²) in [5.41, 5.74) is 4.72. The van der Waals surface area contributed by atoms with E-state index in [1.54, 1.807) is 6.20 Å².